The predicted octanol–water partition coefficient (Wildman–Crippen LogP) is 7.69. The maximum atomic E-state index is 14.1. The Hall–Kier alpha value is -3.44. The van der Waals surface area contributed by atoms with Gasteiger partial charge in [0.15, 0.2) is 5.43 Å². The summed E-state index contributed by atoms with van der Waals surface area (Å²) in [6.07, 6.45) is 1.58. The lowest BCUT2D eigenvalue weighted by atomic mass is 9.90. The van der Waals surface area contributed by atoms with Crippen LogP contribution in [0.1, 0.15) is 58.3 Å². The van der Waals surface area contributed by atoms with Crippen LogP contribution >= 0.6 is 11.6 Å². The minimum absolute atomic E-state index is 0.00694. The molecule has 6 heteroatoms. The molecule has 0 radical (unpaired) electrons. The van der Waals surface area contributed by atoms with Gasteiger partial charge in [0.25, 0.3) is 0 Å². The summed E-state index contributed by atoms with van der Waals surface area (Å²) in [5, 5.41) is 10.2. The lowest BCUT2D eigenvalue weighted by Gasteiger charge is -2.17. The van der Waals surface area contributed by atoms with Crippen molar-refractivity contribution < 1.29 is 18.7 Å². The zero-order chi connectivity index (χ0) is 25.3. The summed E-state index contributed by atoms with van der Waals surface area (Å²) < 4.78 is 20.5. The van der Waals surface area contributed by atoms with Gasteiger partial charge in [-0.1, -0.05) is 54.9 Å². The molecule has 0 saturated heterocycles. The highest BCUT2D eigenvalue weighted by atomic mass is 35.5. The van der Waals surface area contributed by atoms with Crippen LogP contribution in [0.3, 0.4) is 0 Å². The van der Waals surface area contributed by atoms with Crippen LogP contribution in [0.5, 0.6) is 0 Å². The fourth-order valence-electron chi connectivity index (χ4n) is 4.61. The van der Waals surface area contributed by atoms with Gasteiger partial charge >= 0.3 is 5.97 Å². The Kier molecular flexibility index (Phi) is 7.08. The van der Waals surface area contributed by atoms with Crippen LogP contribution in [0.15, 0.2) is 63.8 Å². The third kappa shape index (κ3) is 4.87. The summed E-state index contributed by atoms with van der Waals surface area (Å²) in [5.41, 5.74) is 3.71. The van der Waals surface area contributed by atoms with Gasteiger partial charge in [0, 0.05) is 16.1 Å². The van der Waals surface area contributed by atoms with Gasteiger partial charge in [0.1, 0.15) is 17.2 Å². The van der Waals surface area contributed by atoms with Crippen molar-refractivity contribution in [2.75, 3.05) is 0 Å². The fraction of sp³-hybridized carbons (Fsp3) is 0.241. The Balaban J connectivity index is 1.69. The third-order valence-electron chi connectivity index (χ3n) is 6.44. The van der Waals surface area contributed by atoms with Gasteiger partial charge in [-0.2, -0.15) is 0 Å². The van der Waals surface area contributed by atoms with E-state index in [0.29, 0.717) is 47.1 Å². The number of hydrogen-bond acceptors (Lipinski definition) is 3. The van der Waals surface area contributed by atoms with Crippen LogP contribution in [0, 0.1) is 19.7 Å². The molecule has 0 unspecified atom stereocenters. The molecule has 0 bridgehead atoms. The molecule has 1 atom stereocenters. The summed E-state index contributed by atoms with van der Waals surface area (Å²) >= 11 is 6.20. The Morgan fingerprint density at radius 1 is 1.11 bits per heavy atom. The van der Waals surface area contributed by atoms with Crippen LogP contribution in [-0.2, 0) is 6.42 Å². The van der Waals surface area contributed by atoms with Crippen molar-refractivity contribution in [2.45, 2.75) is 46.0 Å². The number of hydrogen-bond donors (Lipinski definition) is 1. The van der Waals surface area contributed by atoms with E-state index in [4.69, 9.17) is 16.0 Å². The van der Waals surface area contributed by atoms with Crippen LogP contribution in [0.4, 0.5) is 4.39 Å². The molecule has 0 spiro atoms. The van der Waals surface area contributed by atoms with Gasteiger partial charge in [-0.05, 0) is 73.9 Å². The molecule has 4 nitrogen and oxygen atoms in total. The number of aryl methyl sites for hydroxylation is 1. The minimum atomic E-state index is -1.33. The smallest absolute Gasteiger partial charge is 0.339 e. The van der Waals surface area contributed by atoms with Crippen LogP contribution in [0.25, 0.3) is 22.3 Å². The fourth-order valence-corrected chi connectivity index (χ4v) is 4.86. The van der Waals surface area contributed by atoms with E-state index in [1.165, 1.54) is 6.07 Å². The Bertz CT molecular complexity index is 1470. The summed E-state index contributed by atoms with van der Waals surface area (Å²) in [6, 6.07) is 15.9. The number of halogens is 2. The van der Waals surface area contributed by atoms with Crippen molar-refractivity contribution in [3.8, 4) is 11.3 Å². The molecule has 4 aromatic rings. The molecular formula is C29H26ClFO4. The van der Waals surface area contributed by atoms with Crippen LogP contribution in [-0.4, -0.2) is 11.1 Å². The normalized spacial score (nSPS) is 12.1. The Morgan fingerprint density at radius 2 is 1.83 bits per heavy atom. The van der Waals surface area contributed by atoms with Crippen molar-refractivity contribution in [1.82, 2.24) is 0 Å². The SMILES string of the molecule is Cc1cc([C@@H](C)CCCc2c(Cl)ccc(F)c2C(=O)O)c2oc(-c3ccccc3)c(C)c(=O)c2c1. The summed E-state index contributed by atoms with van der Waals surface area (Å²) in [6.45, 7) is 5.77. The van der Waals surface area contributed by atoms with Crippen LogP contribution in [0.2, 0.25) is 5.02 Å². The number of aromatic carboxylic acids is 1. The minimum Gasteiger partial charge on any atom is -0.478 e. The van der Waals surface area contributed by atoms with E-state index in [0.717, 1.165) is 22.8 Å². The lowest BCUT2D eigenvalue weighted by Crippen LogP contribution is -2.10. The van der Waals surface area contributed by atoms with Crippen LogP contribution < -0.4 is 5.43 Å². The molecule has 0 aliphatic rings. The number of carboxylic acid groups (broad SMARTS) is 1. The van der Waals surface area contributed by atoms with E-state index in [1.54, 1.807) is 6.92 Å². The molecule has 0 saturated carbocycles. The van der Waals surface area contributed by atoms with Crippen molar-refractivity contribution in [3.63, 3.8) is 0 Å². The predicted molar refractivity (Wildman–Crippen MR) is 137 cm³/mol. The molecule has 0 amide bonds. The average Bonchev–Trinajstić information content (AvgIpc) is 2.83. The van der Waals surface area contributed by atoms with Gasteiger partial charge in [-0.25, -0.2) is 9.18 Å². The summed E-state index contributed by atoms with van der Waals surface area (Å²) in [7, 11) is 0. The number of carboxylic acids is 1. The second kappa shape index (κ2) is 10.0. The monoisotopic (exact) mass is 492 g/mol. The number of carbonyl (C=O) groups is 1. The highest BCUT2D eigenvalue weighted by molar-refractivity contribution is 6.31. The second-order valence-electron chi connectivity index (χ2n) is 8.96. The molecule has 1 heterocycles. The zero-order valence-electron chi connectivity index (χ0n) is 19.8. The average molecular weight is 493 g/mol. The van der Waals surface area contributed by atoms with E-state index in [1.807, 2.05) is 56.3 Å². The quantitative estimate of drug-likeness (QED) is 0.287. The Morgan fingerprint density at radius 3 is 2.51 bits per heavy atom. The molecule has 1 N–H and O–H groups in total. The number of rotatable bonds is 7. The van der Waals surface area contributed by atoms with E-state index >= 15 is 0 Å². The second-order valence-corrected chi connectivity index (χ2v) is 9.37. The highest BCUT2D eigenvalue weighted by Gasteiger charge is 2.21. The molecule has 3 aromatic carbocycles. The van der Waals surface area contributed by atoms with E-state index in [9.17, 15) is 19.1 Å². The highest BCUT2D eigenvalue weighted by Crippen LogP contribution is 2.34. The Labute approximate surface area is 208 Å². The summed E-state index contributed by atoms with van der Waals surface area (Å²) in [4.78, 5) is 24.8. The largest absolute Gasteiger partial charge is 0.478 e. The molecule has 0 aliphatic carbocycles. The van der Waals surface area contributed by atoms with Gasteiger partial charge in [-0.15, -0.1) is 0 Å². The first-order valence-electron chi connectivity index (χ1n) is 11.5. The molecule has 0 fully saturated rings. The van der Waals surface area contributed by atoms with E-state index < -0.39 is 11.8 Å². The first-order chi connectivity index (χ1) is 16.7. The topological polar surface area (TPSA) is 67.5 Å². The third-order valence-corrected chi connectivity index (χ3v) is 6.80. The molecule has 4 rings (SSSR count). The van der Waals surface area contributed by atoms with Gasteiger partial charge in [0.05, 0.1) is 10.9 Å². The van der Waals surface area contributed by atoms with Gasteiger partial charge < -0.3 is 9.52 Å². The van der Waals surface area contributed by atoms with Crippen molar-refractivity contribution in [1.29, 1.82) is 0 Å². The first kappa shape index (κ1) is 24.7. The zero-order valence-corrected chi connectivity index (χ0v) is 20.6. The first-order valence-corrected chi connectivity index (χ1v) is 11.9. The number of fused-ring (bicyclic) bond motifs is 1. The molecule has 1 aromatic heterocycles. The maximum Gasteiger partial charge on any atom is 0.339 e. The van der Waals surface area contributed by atoms with Crippen molar-refractivity contribution >= 4 is 28.5 Å². The van der Waals surface area contributed by atoms with Gasteiger partial charge in [-0.3, -0.25) is 4.79 Å². The standard InChI is InChI=1S/C29H26ClFO4/c1-16-14-21(17(2)8-7-11-20-23(30)12-13-24(31)25(20)29(33)34)28-22(15-16)26(32)18(3)27(35-28)19-9-5-4-6-10-19/h4-6,9-10,12-15,17H,7-8,11H2,1-3H3,(H,33,34)/t17-/m0/s1. The van der Waals surface area contributed by atoms with Gasteiger partial charge in [0.2, 0.25) is 0 Å². The summed E-state index contributed by atoms with van der Waals surface area (Å²) in [5.74, 6) is -1.56. The van der Waals surface area contributed by atoms with Crippen molar-refractivity contribution in [3.05, 3.63) is 103 Å². The molecule has 35 heavy (non-hydrogen) atoms. The lowest BCUT2D eigenvalue weighted by molar-refractivity contribution is 0.0690. The molecular weight excluding hydrogens is 467 g/mol. The number of benzene rings is 3. The van der Waals surface area contributed by atoms with E-state index in [-0.39, 0.29) is 21.9 Å². The maximum absolute atomic E-state index is 14.1. The molecule has 180 valence electrons. The van der Waals surface area contributed by atoms with E-state index in [2.05, 4.69) is 0 Å². The van der Waals surface area contributed by atoms with Crippen molar-refractivity contribution in [2.24, 2.45) is 0 Å². The molecule has 0 aliphatic heterocycles.